The Morgan fingerprint density at radius 2 is 2.22 bits per heavy atom. The average molecular weight is 240 g/mol. The number of carbonyl (C=O) groups is 1. The number of hydrogen-bond acceptors (Lipinski definition) is 2. The Hall–Kier alpha value is -1.51. The zero-order chi connectivity index (χ0) is 11.9. The summed E-state index contributed by atoms with van der Waals surface area (Å²) in [4.78, 5) is 15.0. The summed E-state index contributed by atoms with van der Waals surface area (Å²) < 4.78 is 0. The molecule has 18 heavy (non-hydrogen) atoms. The van der Waals surface area contributed by atoms with Crippen molar-refractivity contribution in [3.05, 3.63) is 29.8 Å². The highest BCUT2D eigenvalue weighted by Gasteiger charge is 2.74. The number of fused-ring (bicyclic) bond motifs is 4. The maximum atomic E-state index is 12.8. The van der Waals surface area contributed by atoms with Gasteiger partial charge in [0.25, 0.3) is 5.91 Å². The van der Waals surface area contributed by atoms with Crippen LogP contribution < -0.4 is 5.32 Å². The van der Waals surface area contributed by atoms with Crippen LogP contribution in [0.3, 0.4) is 0 Å². The first-order chi connectivity index (χ1) is 8.81. The fraction of sp³-hybridized carbons (Fsp3) is 0.533. The van der Waals surface area contributed by atoms with Gasteiger partial charge in [0.05, 0.1) is 11.6 Å². The lowest BCUT2D eigenvalue weighted by Gasteiger charge is -2.41. The molecule has 2 aliphatic heterocycles. The van der Waals surface area contributed by atoms with Crippen LogP contribution in [0.25, 0.3) is 0 Å². The van der Waals surface area contributed by atoms with Crippen molar-refractivity contribution in [3.8, 4) is 0 Å². The van der Waals surface area contributed by atoms with E-state index in [0.29, 0.717) is 17.5 Å². The molecule has 1 saturated heterocycles. The van der Waals surface area contributed by atoms with Crippen LogP contribution >= 0.6 is 0 Å². The largest absolute Gasteiger partial charge is 0.382 e. The molecule has 1 aromatic carbocycles. The lowest BCUT2D eigenvalue weighted by Crippen LogP contribution is -2.50. The third kappa shape index (κ3) is 0.856. The first-order valence-corrected chi connectivity index (χ1v) is 6.97. The van der Waals surface area contributed by atoms with E-state index < -0.39 is 0 Å². The van der Waals surface area contributed by atoms with Crippen LogP contribution in [0.15, 0.2) is 24.3 Å². The monoisotopic (exact) mass is 240 g/mol. The zero-order valence-electron chi connectivity index (χ0n) is 10.2. The number of nitrogens with one attached hydrogen (secondary N) is 1. The second kappa shape index (κ2) is 2.73. The Bertz CT molecular complexity index is 569. The number of carbonyl (C=O) groups excluding carboxylic acids is 1. The molecular weight excluding hydrogens is 224 g/mol. The fourth-order valence-electron chi connectivity index (χ4n) is 4.74. The van der Waals surface area contributed by atoms with Gasteiger partial charge in [0, 0.05) is 18.3 Å². The molecule has 3 heteroatoms. The molecule has 4 atom stereocenters. The van der Waals surface area contributed by atoms with Crippen molar-refractivity contribution in [3.63, 3.8) is 0 Å². The molecule has 0 aromatic heterocycles. The number of amides is 1. The second-order valence-electron chi connectivity index (χ2n) is 6.30. The van der Waals surface area contributed by atoms with E-state index in [2.05, 4.69) is 10.2 Å². The van der Waals surface area contributed by atoms with Gasteiger partial charge in [0.1, 0.15) is 0 Å². The average Bonchev–Trinajstić information content (AvgIpc) is 3.10. The van der Waals surface area contributed by atoms with Crippen LogP contribution in [0.4, 0.5) is 5.69 Å². The number of nitrogens with zero attached hydrogens (tertiary/aromatic N) is 1. The van der Waals surface area contributed by atoms with Gasteiger partial charge >= 0.3 is 0 Å². The summed E-state index contributed by atoms with van der Waals surface area (Å²) in [5.74, 6) is 1.04. The predicted octanol–water partition coefficient (Wildman–Crippen LogP) is 2.11. The van der Waals surface area contributed by atoms with Gasteiger partial charge in [-0.05, 0) is 42.7 Å². The first-order valence-electron chi connectivity index (χ1n) is 6.97. The summed E-state index contributed by atoms with van der Waals surface area (Å²) in [5, 5.41) is 3.49. The highest BCUT2D eigenvalue weighted by atomic mass is 16.2. The Morgan fingerprint density at radius 1 is 1.33 bits per heavy atom. The summed E-state index contributed by atoms with van der Waals surface area (Å²) >= 11 is 0. The fourth-order valence-corrected chi connectivity index (χ4v) is 4.74. The van der Waals surface area contributed by atoms with E-state index in [9.17, 15) is 4.79 Å². The molecule has 2 saturated carbocycles. The Kier molecular flexibility index (Phi) is 1.43. The van der Waals surface area contributed by atoms with Crippen LogP contribution in [-0.4, -0.2) is 29.4 Å². The van der Waals surface area contributed by atoms with Gasteiger partial charge in [-0.1, -0.05) is 12.1 Å². The molecule has 1 unspecified atom stereocenters. The number of piperidine rings is 1. The summed E-state index contributed by atoms with van der Waals surface area (Å²) in [7, 11) is 0. The highest BCUT2D eigenvalue weighted by molar-refractivity contribution is 6.01. The van der Waals surface area contributed by atoms with Crippen LogP contribution in [0.2, 0.25) is 0 Å². The van der Waals surface area contributed by atoms with E-state index in [1.165, 1.54) is 19.3 Å². The van der Waals surface area contributed by atoms with Gasteiger partial charge in [-0.2, -0.15) is 0 Å². The molecule has 5 rings (SSSR count). The summed E-state index contributed by atoms with van der Waals surface area (Å²) in [5.41, 5.74) is 2.43. The van der Waals surface area contributed by atoms with Crippen molar-refractivity contribution in [1.82, 2.24) is 4.90 Å². The van der Waals surface area contributed by atoms with Crippen LogP contribution in [-0.2, 0) is 0 Å². The van der Waals surface area contributed by atoms with E-state index in [1.54, 1.807) is 0 Å². The van der Waals surface area contributed by atoms with Crippen molar-refractivity contribution in [2.24, 2.45) is 11.3 Å². The molecule has 0 bridgehead atoms. The molecule has 1 spiro atoms. The standard InChI is InChI=1S/C15H16N2O/c18-14-9-3-1-2-4-11(9)16-8-12-10-7-15(10)6-5-13(15)17(12)14/h1-4,10,12-13,16H,5-8H2/t10-,12-,13+,15?/m1/s1. The Morgan fingerprint density at radius 3 is 3.06 bits per heavy atom. The van der Waals surface area contributed by atoms with Gasteiger partial charge < -0.3 is 10.2 Å². The number of benzene rings is 1. The van der Waals surface area contributed by atoms with Crippen molar-refractivity contribution >= 4 is 11.6 Å². The van der Waals surface area contributed by atoms with Crippen LogP contribution in [0.1, 0.15) is 29.6 Å². The van der Waals surface area contributed by atoms with Crippen LogP contribution in [0, 0.1) is 11.3 Å². The molecule has 3 fully saturated rings. The van der Waals surface area contributed by atoms with Gasteiger partial charge in [-0.3, -0.25) is 4.79 Å². The van der Waals surface area contributed by atoms with Gasteiger partial charge in [0.15, 0.2) is 0 Å². The van der Waals surface area contributed by atoms with E-state index in [0.717, 1.165) is 23.7 Å². The number of anilines is 1. The molecule has 3 nitrogen and oxygen atoms in total. The molecule has 1 amide bonds. The third-order valence-corrected chi connectivity index (χ3v) is 5.78. The maximum Gasteiger partial charge on any atom is 0.256 e. The lowest BCUT2D eigenvalue weighted by molar-refractivity contribution is 0.0445. The zero-order valence-corrected chi connectivity index (χ0v) is 10.2. The highest BCUT2D eigenvalue weighted by Crippen LogP contribution is 2.73. The minimum atomic E-state index is 0.261. The SMILES string of the molecule is O=C1c2ccccc2NC[C@@H]2[C@H]3CC34CC[C@@H]4N12. The predicted molar refractivity (Wildman–Crippen MR) is 68.5 cm³/mol. The van der Waals surface area contributed by atoms with E-state index in [1.807, 2.05) is 24.3 Å². The second-order valence-corrected chi connectivity index (χ2v) is 6.30. The van der Waals surface area contributed by atoms with Crippen molar-refractivity contribution in [2.45, 2.75) is 31.3 Å². The van der Waals surface area contributed by atoms with E-state index >= 15 is 0 Å². The van der Waals surface area contributed by atoms with Crippen molar-refractivity contribution < 1.29 is 4.79 Å². The number of hydrogen-bond donors (Lipinski definition) is 1. The minimum absolute atomic E-state index is 0.261. The topological polar surface area (TPSA) is 32.3 Å². The lowest BCUT2D eigenvalue weighted by atomic mass is 9.76. The quantitative estimate of drug-likeness (QED) is 0.753. The molecule has 1 aromatic rings. The van der Waals surface area contributed by atoms with Gasteiger partial charge in [0.2, 0.25) is 0 Å². The van der Waals surface area contributed by atoms with E-state index in [-0.39, 0.29) is 5.91 Å². The van der Waals surface area contributed by atoms with Crippen molar-refractivity contribution in [1.29, 1.82) is 0 Å². The molecule has 2 heterocycles. The first kappa shape index (κ1) is 9.42. The molecule has 1 N–H and O–H groups in total. The smallest absolute Gasteiger partial charge is 0.256 e. The number of para-hydroxylation sites is 1. The van der Waals surface area contributed by atoms with Gasteiger partial charge in [-0.15, -0.1) is 0 Å². The van der Waals surface area contributed by atoms with Gasteiger partial charge in [-0.25, -0.2) is 0 Å². The Labute approximate surface area is 106 Å². The third-order valence-electron chi connectivity index (χ3n) is 5.78. The summed E-state index contributed by atoms with van der Waals surface area (Å²) in [6, 6.07) is 8.94. The minimum Gasteiger partial charge on any atom is -0.382 e. The van der Waals surface area contributed by atoms with Crippen LogP contribution in [0.5, 0.6) is 0 Å². The molecular formula is C15H16N2O. The molecule has 2 aliphatic carbocycles. The Balaban J connectivity index is 1.63. The van der Waals surface area contributed by atoms with Crippen molar-refractivity contribution in [2.75, 3.05) is 11.9 Å². The maximum absolute atomic E-state index is 12.8. The summed E-state index contributed by atoms with van der Waals surface area (Å²) in [6.45, 7) is 0.936. The number of rotatable bonds is 0. The molecule has 4 aliphatic rings. The van der Waals surface area contributed by atoms with E-state index in [4.69, 9.17) is 0 Å². The molecule has 0 radical (unpaired) electrons. The summed E-state index contributed by atoms with van der Waals surface area (Å²) in [6.07, 6.45) is 3.94. The normalized spacial score (nSPS) is 42.8. The molecule has 92 valence electrons.